The molecule has 0 aliphatic heterocycles. The van der Waals surface area contributed by atoms with Crippen LogP contribution in [0.2, 0.25) is 0 Å². The standard InChI is InChI=1S/C16H12BrNS/c1-11-5-7-12(8-6-11)15-10-19-16(18-15)13-3-2-4-14(17)9-13/h2-10H,1H3. The van der Waals surface area contributed by atoms with Gasteiger partial charge in [-0.15, -0.1) is 11.3 Å². The molecule has 3 rings (SSSR count). The largest absolute Gasteiger partial charge is 0.236 e. The Kier molecular flexibility index (Phi) is 3.49. The maximum atomic E-state index is 4.72. The van der Waals surface area contributed by atoms with Crippen LogP contribution in [-0.4, -0.2) is 4.98 Å². The highest BCUT2D eigenvalue weighted by Gasteiger charge is 2.06. The molecule has 19 heavy (non-hydrogen) atoms. The zero-order valence-electron chi connectivity index (χ0n) is 10.4. The van der Waals surface area contributed by atoms with E-state index < -0.39 is 0 Å². The molecule has 1 aromatic heterocycles. The van der Waals surface area contributed by atoms with E-state index in [2.05, 4.69) is 64.6 Å². The summed E-state index contributed by atoms with van der Waals surface area (Å²) in [5.74, 6) is 0. The number of thiazole rings is 1. The van der Waals surface area contributed by atoms with Gasteiger partial charge < -0.3 is 0 Å². The van der Waals surface area contributed by atoms with Crippen LogP contribution in [0, 0.1) is 6.92 Å². The molecule has 2 aromatic carbocycles. The second kappa shape index (κ2) is 5.27. The first-order valence-electron chi connectivity index (χ1n) is 6.01. The van der Waals surface area contributed by atoms with Crippen LogP contribution >= 0.6 is 27.3 Å². The maximum absolute atomic E-state index is 4.72. The minimum atomic E-state index is 1.04. The molecule has 0 atom stereocenters. The molecule has 1 heterocycles. The van der Waals surface area contributed by atoms with E-state index >= 15 is 0 Å². The lowest BCUT2D eigenvalue weighted by Crippen LogP contribution is -1.80. The minimum absolute atomic E-state index is 1.04. The molecule has 3 heteroatoms. The van der Waals surface area contributed by atoms with Gasteiger partial charge in [-0.05, 0) is 19.1 Å². The summed E-state index contributed by atoms with van der Waals surface area (Å²) in [5.41, 5.74) is 4.63. The summed E-state index contributed by atoms with van der Waals surface area (Å²) < 4.78 is 1.08. The summed E-state index contributed by atoms with van der Waals surface area (Å²) in [6.07, 6.45) is 0. The van der Waals surface area contributed by atoms with Gasteiger partial charge in [-0.2, -0.15) is 0 Å². The maximum Gasteiger partial charge on any atom is 0.124 e. The fourth-order valence-electron chi connectivity index (χ4n) is 1.88. The van der Waals surface area contributed by atoms with Crippen LogP contribution in [0.3, 0.4) is 0 Å². The lowest BCUT2D eigenvalue weighted by molar-refractivity contribution is 1.39. The molecule has 0 saturated heterocycles. The van der Waals surface area contributed by atoms with Gasteiger partial charge in [0.2, 0.25) is 0 Å². The van der Waals surface area contributed by atoms with Crippen LogP contribution < -0.4 is 0 Å². The fraction of sp³-hybridized carbons (Fsp3) is 0.0625. The van der Waals surface area contributed by atoms with Crippen molar-refractivity contribution >= 4 is 27.3 Å². The quantitative estimate of drug-likeness (QED) is 0.600. The SMILES string of the molecule is Cc1ccc(-c2csc(-c3cccc(Br)c3)n2)cc1. The van der Waals surface area contributed by atoms with Crippen molar-refractivity contribution in [3.05, 3.63) is 63.9 Å². The normalized spacial score (nSPS) is 10.6. The molecule has 0 aliphatic rings. The van der Waals surface area contributed by atoms with Crippen LogP contribution in [-0.2, 0) is 0 Å². The molecule has 0 saturated carbocycles. The second-order valence-electron chi connectivity index (χ2n) is 4.41. The van der Waals surface area contributed by atoms with Gasteiger partial charge in [0.1, 0.15) is 5.01 Å². The van der Waals surface area contributed by atoms with Gasteiger partial charge in [-0.3, -0.25) is 0 Å². The van der Waals surface area contributed by atoms with E-state index in [0.29, 0.717) is 0 Å². The zero-order chi connectivity index (χ0) is 13.2. The van der Waals surface area contributed by atoms with E-state index in [9.17, 15) is 0 Å². The predicted octanol–water partition coefficient (Wildman–Crippen LogP) is 5.55. The Hall–Kier alpha value is -1.45. The third-order valence-electron chi connectivity index (χ3n) is 2.92. The highest BCUT2D eigenvalue weighted by atomic mass is 79.9. The van der Waals surface area contributed by atoms with Gasteiger partial charge in [-0.25, -0.2) is 4.98 Å². The summed E-state index contributed by atoms with van der Waals surface area (Å²) >= 11 is 5.17. The van der Waals surface area contributed by atoms with Crippen molar-refractivity contribution in [2.75, 3.05) is 0 Å². The summed E-state index contributed by atoms with van der Waals surface area (Å²) in [6.45, 7) is 2.09. The van der Waals surface area contributed by atoms with Crippen molar-refractivity contribution in [1.29, 1.82) is 0 Å². The molecule has 94 valence electrons. The molecule has 0 aliphatic carbocycles. The fourth-order valence-corrected chi connectivity index (χ4v) is 3.11. The average molecular weight is 330 g/mol. The van der Waals surface area contributed by atoms with Gasteiger partial charge in [0.05, 0.1) is 5.69 Å². The number of aromatic nitrogens is 1. The Balaban J connectivity index is 1.97. The second-order valence-corrected chi connectivity index (χ2v) is 6.19. The first-order valence-corrected chi connectivity index (χ1v) is 7.68. The van der Waals surface area contributed by atoms with E-state index in [1.54, 1.807) is 11.3 Å². The highest BCUT2D eigenvalue weighted by molar-refractivity contribution is 9.10. The number of rotatable bonds is 2. The van der Waals surface area contributed by atoms with Crippen LogP contribution in [0.1, 0.15) is 5.56 Å². The van der Waals surface area contributed by atoms with E-state index in [1.165, 1.54) is 11.1 Å². The predicted molar refractivity (Wildman–Crippen MR) is 85.4 cm³/mol. The molecule has 0 spiro atoms. The van der Waals surface area contributed by atoms with Gasteiger partial charge in [-0.1, -0.05) is 57.9 Å². The molecule has 0 fully saturated rings. The molecule has 0 N–H and O–H groups in total. The molecular weight excluding hydrogens is 318 g/mol. The van der Waals surface area contributed by atoms with E-state index in [-0.39, 0.29) is 0 Å². The number of hydrogen-bond acceptors (Lipinski definition) is 2. The zero-order valence-corrected chi connectivity index (χ0v) is 12.8. The number of benzene rings is 2. The summed E-state index contributed by atoms with van der Waals surface area (Å²) in [5, 5.41) is 3.16. The van der Waals surface area contributed by atoms with Crippen LogP contribution in [0.25, 0.3) is 21.8 Å². The average Bonchev–Trinajstić information content (AvgIpc) is 2.89. The third-order valence-corrected chi connectivity index (χ3v) is 4.31. The van der Waals surface area contributed by atoms with Crippen LogP contribution in [0.5, 0.6) is 0 Å². The Bertz CT molecular complexity index is 701. The lowest BCUT2D eigenvalue weighted by Gasteiger charge is -1.98. The molecule has 3 aromatic rings. The number of halogens is 1. The van der Waals surface area contributed by atoms with Crippen molar-refractivity contribution in [1.82, 2.24) is 4.98 Å². The highest BCUT2D eigenvalue weighted by Crippen LogP contribution is 2.30. The topological polar surface area (TPSA) is 12.9 Å². The first-order chi connectivity index (χ1) is 9.22. The van der Waals surface area contributed by atoms with Gasteiger partial charge in [0.15, 0.2) is 0 Å². The third kappa shape index (κ3) is 2.77. The summed E-state index contributed by atoms with van der Waals surface area (Å²) in [4.78, 5) is 4.72. The van der Waals surface area contributed by atoms with Crippen molar-refractivity contribution in [2.45, 2.75) is 6.92 Å². The van der Waals surface area contributed by atoms with Gasteiger partial charge >= 0.3 is 0 Å². The molecule has 0 bridgehead atoms. The number of hydrogen-bond donors (Lipinski definition) is 0. The Labute approximate surface area is 125 Å². The van der Waals surface area contributed by atoms with Crippen molar-refractivity contribution in [3.63, 3.8) is 0 Å². The van der Waals surface area contributed by atoms with Crippen molar-refractivity contribution < 1.29 is 0 Å². The smallest absolute Gasteiger partial charge is 0.124 e. The van der Waals surface area contributed by atoms with E-state index in [4.69, 9.17) is 4.98 Å². The first kappa shape index (κ1) is 12.6. The van der Waals surface area contributed by atoms with E-state index in [1.807, 2.05) is 12.1 Å². The molecule has 0 radical (unpaired) electrons. The van der Waals surface area contributed by atoms with Crippen LogP contribution in [0.15, 0.2) is 58.4 Å². The number of aryl methyl sites for hydroxylation is 1. The summed E-state index contributed by atoms with van der Waals surface area (Å²) in [7, 11) is 0. The monoisotopic (exact) mass is 329 g/mol. The Morgan fingerprint density at radius 2 is 1.79 bits per heavy atom. The Morgan fingerprint density at radius 3 is 2.53 bits per heavy atom. The van der Waals surface area contributed by atoms with Crippen molar-refractivity contribution in [3.8, 4) is 21.8 Å². The van der Waals surface area contributed by atoms with Gasteiger partial charge in [0.25, 0.3) is 0 Å². The van der Waals surface area contributed by atoms with Crippen LogP contribution in [0.4, 0.5) is 0 Å². The number of nitrogens with zero attached hydrogens (tertiary/aromatic N) is 1. The van der Waals surface area contributed by atoms with Crippen molar-refractivity contribution in [2.24, 2.45) is 0 Å². The Morgan fingerprint density at radius 1 is 1.00 bits per heavy atom. The lowest BCUT2D eigenvalue weighted by atomic mass is 10.1. The molecule has 0 unspecified atom stereocenters. The molecule has 1 nitrogen and oxygen atoms in total. The molecule has 0 amide bonds. The minimum Gasteiger partial charge on any atom is -0.236 e. The van der Waals surface area contributed by atoms with Gasteiger partial charge in [0, 0.05) is 21.0 Å². The summed E-state index contributed by atoms with van der Waals surface area (Å²) in [6, 6.07) is 16.7. The molecular formula is C16H12BrNS. The van der Waals surface area contributed by atoms with E-state index in [0.717, 1.165) is 20.7 Å².